The molecule has 0 fully saturated rings. The molecule has 152 valence electrons. The molecule has 1 heterocycles. The van der Waals surface area contributed by atoms with Gasteiger partial charge in [0.15, 0.2) is 5.78 Å². The first-order chi connectivity index (χ1) is 14.5. The number of rotatable bonds is 6. The molecule has 0 aromatic heterocycles. The Morgan fingerprint density at radius 3 is 2.43 bits per heavy atom. The van der Waals surface area contributed by atoms with Crippen LogP contribution in [0.5, 0.6) is 0 Å². The second-order valence-corrected chi connectivity index (χ2v) is 8.19. The molecule has 2 aromatic carbocycles. The maximum atomic E-state index is 12.9. The van der Waals surface area contributed by atoms with Crippen LogP contribution in [-0.2, 0) is 31.6 Å². The summed E-state index contributed by atoms with van der Waals surface area (Å²) >= 11 is -1.87. The standard InChI is InChI=1S/C23H19NO5S/c1-15(25)17-9-7-16(8-10-17)14-29-30(28)24-13-19(18-5-3-2-4-6-18)22-20(24)11-12-21(26)23(22)27/h2-13,20,22H,14H2,1H3. The normalized spacial score (nSPS) is 21.4. The molecule has 2 aliphatic rings. The number of ketones is 3. The molecule has 0 radical (unpaired) electrons. The van der Waals surface area contributed by atoms with Crippen molar-refractivity contribution in [3.63, 3.8) is 0 Å². The van der Waals surface area contributed by atoms with Gasteiger partial charge in [0.25, 0.3) is 11.3 Å². The second-order valence-electron chi connectivity index (χ2n) is 7.10. The van der Waals surface area contributed by atoms with Crippen molar-refractivity contribution in [1.82, 2.24) is 4.31 Å². The fraction of sp³-hybridized carbons (Fsp3) is 0.174. The largest absolute Gasteiger partial charge is 0.295 e. The van der Waals surface area contributed by atoms with Crippen molar-refractivity contribution in [2.24, 2.45) is 5.92 Å². The smallest absolute Gasteiger partial charge is 0.264 e. The lowest BCUT2D eigenvalue weighted by molar-refractivity contribution is -0.136. The lowest BCUT2D eigenvalue weighted by Gasteiger charge is -2.27. The number of hydrogen-bond donors (Lipinski definition) is 0. The molecule has 6 nitrogen and oxygen atoms in total. The van der Waals surface area contributed by atoms with Crippen molar-refractivity contribution in [1.29, 1.82) is 0 Å². The van der Waals surface area contributed by atoms with Crippen LogP contribution in [0.1, 0.15) is 28.4 Å². The molecule has 0 spiro atoms. The van der Waals surface area contributed by atoms with Crippen LogP contribution in [-0.4, -0.2) is 31.9 Å². The fourth-order valence-corrected chi connectivity index (χ4v) is 4.54. The lowest BCUT2D eigenvalue weighted by atomic mass is 9.82. The van der Waals surface area contributed by atoms with Crippen molar-refractivity contribution < 1.29 is 22.8 Å². The molecule has 3 unspecified atom stereocenters. The van der Waals surface area contributed by atoms with E-state index in [1.165, 1.54) is 17.3 Å². The Hall–Kier alpha value is -3.16. The molecule has 0 bridgehead atoms. The Balaban J connectivity index is 1.56. The monoisotopic (exact) mass is 421 g/mol. The zero-order valence-electron chi connectivity index (χ0n) is 16.2. The quantitative estimate of drug-likeness (QED) is 0.529. The van der Waals surface area contributed by atoms with Gasteiger partial charge in [-0.25, -0.2) is 4.21 Å². The molecule has 0 N–H and O–H groups in total. The highest BCUT2D eigenvalue weighted by molar-refractivity contribution is 7.77. The number of allylic oxidation sites excluding steroid dienone is 1. The number of fused-ring (bicyclic) bond motifs is 1. The van der Waals surface area contributed by atoms with Crippen molar-refractivity contribution in [2.75, 3.05) is 0 Å². The first kappa shape index (κ1) is 20.1. The summed E-state index contributed by atoms with van der Waals surface area (Å²) in [6, 6.07) is 15.6. The van der Waals surface area contributed by atoms with Crippen LogP contribution < -0.4 is 0 Å². The van der Waals surface area contributed by atoms with Crippen LogP contribution in [0.25, 0.3) is 5.57 Å². The Bertz CT molecular complexity index is 1090. The van der Waals surface area contributed by atoms with Crippen LogP contribution in [0.4, 0.5) is 0 Å². The fourth-order valence-electron chi connectivity index (χ4n) is 3.59. The average molecular weight is 421 g/mol. The molecular formula is C23H19NO5S. The molecule has 4 rings (SSSR count). The number of Topliss-reactive ketones (excluding diaryl/α,β-unsaturated/α-hetero) is 2. The highest BCUT2D eigenvalue weighted by Crippen LogP contribution is 2.39. The van der Waals surface area contributed by atoms with E-state index in [0.717, 1.165) is 11.1 Å². The van der Waals surface area contributed by atoms with Crippen LogP contribution >= 0.6 is 0 Å². The van der Waals surface area contributed by atoms with E-state index in [0.29, 0.717) is 11.1 Å². The summed E-state index contributed by atoms with van der Waals surface area (Å²) in [5.74, 6) is -1.82. The maximum absolute atomic E-state index is 12.9. The Morgan fingerprint density at radius 2 is 1.77 bits per heavy atom. The molecule has 2 aromatic rings. The van der Waals surface area contributed by atoms with E-state index in [2.05, 4.69) is 0 Å². The van der Waals surface area contributed by atoms with Gasteiger partial charge in [0.2, 0.25) is 11.6 Å². The Morgan fingerprint density at radius 1 is 1.07 bits per heavy atom. The average Bonchev–Trinajstić information content (AvgIpc) is 3.16. The predicted octanol–water partition coefficient (Wildman–Crippen LogP) is 3.03. The maximum Gasteiger partial charge on any atom is 0.264 e. The topological polar surface area (TPSA) is 80.8 Å². The van der Waals surface area contributed by atoms with E-state index < -0.39 is 34.8 Å². The molecule has 1 aliphatic carbocycles. The minimum Gasteiger partial charge on any atom is -0.295 e. The summed E-state index contributed by atoms with van der Waals surface area (Å²) in [5, 5.41) is 0. The minimum atomic E-state index is -1.87. The SMILES string of the molecule is CC(=O)c1ccc(COS(=O)N2C=C(c3ccccc3)C3C(=O)C(=O)C=CC32)cc1. The van der Waals surface area contributed by atoms with E-state index in [4.69, 9.17) is 4.18 Å². The van der Waals surface area contributed by atoms with E-state index in [1.807, 2.05) is 30.3 Å². The van der Waals surface area contributed by atoms with Crippen LogP contribution in [0.15, 0.2) is 72.9 Å². The number of hydrogen-bond acceptors (Lipinski definition) is 5. The van der Waals surface area contributed by atoms with Crippen molar-refractivity contribution >= 4 is 34.2 Å². The summed E-state index contributed by atoms with van der Waals surface area (Å²) in [6.45, 7) is 1.56. The van der Waals surface area contributed by atoms with E-state index in [1.54, 1.807) is 36.5 Å². The lowest BCUT2D eigenvalue weighted by Crippen LogP contribution is -2.41. The van der Waals surface area contributed by atoms with E-state index in [9.17, 15) is 18.6 Å². The zero-order valence-corrected chi connectivity index (χ0v) is 17.0. The van der Waals surface area contributed by atoms with Gasteiger partial charge in [0, 0.05) is 11.8 Å². The van der Waals surface area contributed by atoms with Gasteiger partial charge < -0.3 is 0 Å². The van der Waals surface area contributed by atoms with Crippen LogP contribution in [0, 0.1) is 5.92 Å². The minimum absolute atomic E-state index is 0.0315. The molecule has 0 saturated carbocycles. The second kappa shape index (κ2) is 8.30. The van der Waals surface area contributed by atoms with Crippen molar-refractivity contribution in [3.8, 4) is 0 Å². The van der Waals surface area contributed by atoms with Gasteiger partial charge >= 0.3 is 0 Å². The van der Waals surface area contributed by atoms with Gasteiger partial charge in [-0.15, -0.1) is 0 Å². The highest BCUT2D eigenvalue weighted by Gasteiger charge is 2.45. The van der Waals surface area contributed by atoms with Crippen LogP contribution in [0.2, 0.25) is 0 Å². The summed E-state index contributed by atoms with van der Waals surface area (Å²) < 4.78 is 19.9. The first-order valence-electron chi connectivity index (χ1n) is 9.42. The molecule has 0 amide bonds. The molecular weight excluding hydrogens is 402 g/mol. The number of benzene rings is 2. The van der Waals surface area contributed by atoms with E-state index >= 15 is 0 Å². The van der Waals surface area contributed by atoms with Gasteiger partial charge in [0.05, 0.1) is 18.6 Å². The van der Waals surface area contributed by atoms with Gasteiger partial charge in [0.1, 0.15) is 0 Å². The van der Waals surface area contributed by atoms with Gasteiger partial charge in [-0.05, 0) is 29.7 Å². The van der Waals surface area contributed by atoms with E-state index in [-0.39, 0.29) is 12.4 Å². The Labute approximate surface area is 176 Å². The van der Waals surface area contributed by atoms with Crippen molar-refractivity contribution in [3.05, 3.63) is 89.6 Å². The van der Waals surface area contributed by atoms with Crippen LogP contribution in [0.3, 0.4) is 0 Å². The summed E-state index contributed by atoms with van der Waals surface area (Å²) in [6.07, 6.45) is 4.47. The summed E-state index contributed by atoms with van der Waals surface area (Å²) in [5.41, 5.74) is 2.80. The third kappa shape index (κ3) is 3.81. The number of carbonyl (C=O) groups excluding carboxylic acids is 3. The van der Waals surface area contributed by atoms with Gasteiger partial charge in [-0.2, -0.15) is 0 Å². The predicted molar refractivity (Wildman–Crippen MR) is 112 cm³/mol. The third-order valence-corrected chi connectivity index (χ3v) is 6.19. The first-order valence-corrected chi connectivity index (χ1v) is 10.5. The summed E-state index contributed by atoms with van der Waals surface area (Å²) in [7, 11) is 0. The molecule has 7 heteroatoms. The Kier molecular flexibility index (Phi) is 5.57. The molecule has 30 heavy (non-hydrogen) atoms. The number of nitrogens with zero attached hydrogens (tertiary/aromatic N) is 1. The van der Waals surface area contributed by atoms with Gasteiger partial charge in [-0.1, -0.05) is 60.7 Å². The summed E-state index contributed by atoms with van der Waals surface area (Å²) in [4.78, 5) is 35.9. The highest BCUT2D eigenvalue weighted by atomic mass is 32.2. The van der Waals surface area contributed by atoms with Crippen molar-refractivity contribution in [2.45, 2.75) is 19.6 Å². The third-order valence-electron chi connectivity index (χ3n) is 5.17. The van der Waals surface area contributed by atoms with Gasteiger partial charge in [-0.3, -0.25) is 22.9 Å². The molecule has 3 atom stereocenters. The molecule has 0 saturated heterocycles. The number of carbonyl (C=O) groups is 3. The zero-order chi connectivity index (χ0) is 21.3. The molecule has 1 aliphatic heterocycles.